The Bertz CT molecular complexity index is 631. The molecule has 1 aliphatic carbocycles. The molecular formula is C14H13F3N2S. The number of nitrogens with two attached hydrogens (primary N) is 1. The lowest BCUT2D eigenvalue weighted by Gasteiger charge is -2.18. The van der Waals surface area contributed by atoms with Gasteiger partial charge in [0, 0.05) is 22.9 Å². The summed E-state index contributed by atoms with van der Waals surface area (Å²) < 4.78 is 39.6. The van der Waals surface area contributed by atoms with Crippen LogP contribution in [0.3, 0.4) is 0 Å². The van der Waals surface area contributed by atoms with Gasteiger partial charge in [0.05, 0.1) is 5.69 Å². The van der Waals surface area contributed by atoms with E-state index in [1.807, 2.05) is 0 Å². The molecule has 0 saturated carbocycles. The van der Waals surface area contributed by atoms with Crippen LogP contribution in [0.2, 0.25) is 0 Å². The first-order valence-electron chi connectivity index (χ1n) is 6.44. The van der Waals surface area contributed by atoms with Gasteiger partial charge in [-0.25, -0.2) is 18.2 Å². The van der Waals surface area contributed by atoms with Gasteiger partial charge in [0.15, 0.2) is 17.5 Å². The highest BCUT2D eigenvalue weighted by Crippen LogP contribution is 2.38. The summed E-state index contributed by atoms with van der Waals surface area (Å²) >= 11 is 1.41. The molecular weight excluding hydrogens is 285 g/mol. The lowest BCUT2D eigenvalue weighted by atomic mass is 9.91. The van der Waals surface area contributed by atoms with Crippen LogP contribution in [0.15, 0.2) is 12.1 Å². The lowest BCUT2D eigenvalue weighted by Crippen LogP contribution is -2.17. The van der Waals surface area contributed by atoms with Crippen LogP contribution < -0.4 is 5.73 Å². The van der Waals surface area contributed by atoms with Crippen molar-refractivity contribution in [2.45, 2.75) is 25.2 Å². The van der Waals surface area contributed by atoms with Crippen LogP contribution in [0, 0.1) is 17.5 Å². The minimum atomic E-state index is -1.45. The van der Waals surface area contributed by atoms with Crippen molar-refractivity contribution < 1.29 is 13.2 Å². The van der Waals surface area contributed by atoms with Gasteiger partial charge < -0.3 is 5.73 Å². The number of thiazole rings is 1. The molecule has 106 valence electrons. The summed E-state index contributed by atoms with van der Waals surface area (Å²) in [7, 11) is 0. The molecule has 0 radical (unpaired) electrons. The van der Waals surface area contributed by atoms with E-state index < -0.39 is 17.5 Å². The fraction of sp³-hybridized carbons (Fsp3) is 0.357. The number of aryl methyl sites for hydroxylation is 1. The molecule has 0 amide bonds. The Hall–Kier alpha value is -1.40. The molecule has 1 heterocycles. The second-order valence-electron chi connectivity index (χ2n) is 4.91. The number of fused-ring (bicyclic) bond motifs is 1. The van der Waals surface area contributed by atoms with Crippen LogP contribution in [-0.2, 0) is 6.42 Å². The lowest BCUT2D eigenvalue weighted by molar-refractivity contribution is 0.447. The zero-order valence-corrected chi connectivity index (χ0v) is 11.4. The van der Waals surface area contributed by atoms with Crippen molar-refractivity contribution in [3.05, 3.63) is 40.2 Å². The fourth-order valence-electron chi connectivity index (χ4n) is 2.54. The van der Waals surface area contributed by atoms with E-state index in [1.165, 1.54) is 11.3 Å². The van der Waals surface area contributed by atoms with Gasteiger partial charge >= 0.3 is 0 Å². The molecule has 2 N–H and O–H groups in total. The fourth-order valence-corrected chi connectivity index (χ4v) is 3.72. The molecule has 0 fully saturated rings. The Morgan fingerprint density at radius 1 is 1.25 bits per heavy atom. The average molecular weight is 298 g/mol. The SMILES string of the molecule is NCC1CCCc2sc(-c3cc(F)c(F)c(F)c3)nc21. The molecule has 3 rings (SSSR count). The van der Waals surface area contributed by atoms with E-state index >= 15 is 0 Å². The van der Waals surface area contributed by atoms with E-state index in [0.717, 1.165) is 42.0 Å². The van der Waals surface area contributed by atoms with Gasteiger partial charge in [0.25, 0.3) is 0 Å². The summed E-state index contributed by atoms with van der Waals surface area (Å²) in [6, 6.07) is 1.97. The maximum Gasteiger partial charge on any atom is 0.194 e. The van der Waals surface area contributed by atoms with Crippen LogP contribution in [0.4, 0.5) is 13.2 Å². The first kappa shape index (κ1) is 13.6. The highest BCUT2D eigenvalue weighted by atomic mass is 32.1. The summed E-state index contributed by atoms with van der Waals surface area (Å²) in [5.41, 5.74) is 6.94. The number of nitrogens with zero attached hydrogens (tertiary/aromatic N) is 1. The normalized spacial score (nSPS) is 18.1. The Morgan fingerprint density at radius 3 is 2.60 bits per heavy atom. The van der Waals surface area contributed by atoms with Crippen LogP contribution in [0.5, 0.6) is 0 Å². The van der Waals surface area contributed by atoms with Crippen molar-refractivity contribution in [2.24, 2.45) is 5.73 Å². The van der Waals surface area contributed by atoms with Gasteiger partial charge in [-0.15, -0.1) is 11.3 Å². The Balaban J connectivity index is 2.06. The molecule has 0 spiro atoms. The topological polar surface area (TPSA) is 38.9 Å². The molecule has 0 bridgehead atoms. The number of aromatic nitrogens is 1. The van der Waals surface area contributed by atoms with Gasteiger partial charge in [0.1, 0.15) is 5.01 Å². The van der Waals surface area contributed by atoms with E-state index in [4.69, 9.17) is 5.73 Å². The van der Waals surface area contributed by atoms with Crippen molar-refractivity contribution in [2.75, 3.05) is 6.54 Å². The number of hydrogen-bond donors (Lipinski definition) is 1. The predicted octanol–water partition coefficient (Wildman–Crippen LogP) is 3.61. The molecule has 2 aromatic rings. The molecule has 1 unspecified atom stereocenters. The molecule has 20 heavy (non-hydrogen) atoms. The smallest absolute Gasteiger partial charge is 0.194 e. The van der Waals surface area contributed by atoms with E-state index in [1.54, 1.807) is 0 Å². The number of halogens is 3. The van der Waals surface area contributed by atoms with Gasteiger partial charge in [-0.1, -0.05) is 0 Å². The highest BCUT2D eigenvalue weighted by Gasteiger charge is 2.24. The summed E-state index contributed by atoms with van der Waals surface area (Å²) in [6.07, 6.45) is 2.94. The van der Waals surface area contributed by atoms with Gasteiger partial charge in [-0.05, 0) is 31.4 Å². The Morgan fingerprint density at radius 2 is 1.95 bits per heavy atom. The monoisotopic (exact) mass is 298 g/mol. The minimum Gasteiger partial charge on any atom is -0.330 e. The van der Waals surface area contributed by atoms with E-state index in [9.17, 15) is 13.2 Å². The largest absolute Gasteiger partial charge is 0.330 e. The number of hydrogen-bond acceptors (Lipinski definition) is 3. The second kappa shape index (κ2) is 5.18. The van der Waals surface area contributed by atoms with E-state index in [0.29, 0.717) is 11.6 Å². The van der Waals surface area contributed by atoms with Crippen molar-refractivity contribution in [3.63, 3.8) is 0 Å². The van der Waals surface area contributed by atoms with Gasteiger partial charge in [0.2, 0.25) is 0 Å². The standard InChI is InChI=1S/C14H13F3N2S/c15-9-4-8(5-10(16)12(9)17)14-19-13-7(6-18)2-1-3-11(13)20-14/h4-5,7H,1-3,6,18H2. The molecule has 6 heteroatoms. The maximum atomic E-state index is 13.3. The molecule has 1 aromatic heterocycles. The summed E-state index contributed by atoms with van der Waals surface area (Å²) in [4.78, 5) is 5.59. The minimum absolute atomic E-state index is 0.207. The van der Waals surface area contributed by atoms with Crippen LogP contribution in [0.25, 0.3) is 10.6 Å². The Kier molecular flexibility index (Phi) is 3.52. The first-order chi connectivity index (χ1) is 9.60. The molecule has 0 saturated heterocycles. The number of benzene rings is 1. The van der Waals surface area contributed by atoms with Crippen molar-refractivity contribution >= 4 is 11.3 Å². The molecule has 1 aromatic carbocycles. The van der Waals surface area contributed by atoms with Crippen LogP contribution in [0.1, 0.15) is 29.3 Å². The highest BCUT2D eigenvalue weighted by molar-refractivity contribution is 7.15. The van der Waals surface area contributed by atoms with Crippen LogP contribution in [-0.4, -0.2) is 11.5 Å². The quantitative estimate of drug-likeness (QED) is 0.860. The van der Waals surface area contributed by atoms with E-state index in [-0.39, 0.29) is 11.5 Å². The third-order valence-corrected chi connectivity index (χ3v) is 4.77. The zero-order chi connectivity index (χ0) is 14.3. The molecule has 2 nitrogen and oxygen atoms in total. The second-order valence-corrected chi connectivity index (χ2v) is 5.99. The number of rotatable bonds is 2. The summed E-state index contributed by atoms with van der Waals surface area (Å²) in [5, 5.41) is 0.521. The summed E-state index contributed by atoms with van der Waals surface area (Å²) in [6.45, 7) is 0.516. The average Bonchev–Trinajstić information content (AvgIpc) is 2.88. The zero-order valence-electron chi connectivity index (χ0n) is 10.6. The van der Waals surface area contributed by atoms with Crippen molar-refractivity contribution in [1.29, 1.82) is 0 Å². The van der Waals surface area contributed by atoms with Gasteiger partial charge in [-0.2, -0.15) is 0 Å². The first-order valence-corrected chi connectivity index (χ1v) is 7.26. The van der Waals surface area contributed by atoms with Gasteiger partial charge in [-0.3, -0.25) is 0 Å². The van der Waals surface area contributed by atoms with Crippen LogP contribution >= 0.6 is 11.3 Å². The Labute approximate surface area is 118 Å². The summed E-state index contributed by atoms with van der Waals surface area (Å²) in [5.74, 6) is -3.62. The molecule has 1 atom stereocenters. The van der Waals surface area contributed by atoms with Crippen molar-refractivity contribution in [3.8, 4) is 10.6 Å². The van der Waals surface area contributed by atoms with Crippen molar-refractivity contribution in [1.82, 2.24) is 4.98 Å². The molecule has 1 aliphatic rings. The maximum absolute atomic E-state index is 13.3. The third-order valence-electron chi connectivity index (χ3n) is 3.59. The van der Waals surface area contributed by atoms with E-state index in [2.05, 4.69) is 4.98 Å². The predicted molar refractivity (Wildman–Crippen MR) is 72.2 cm³/mol. The third kappa shape index (κ3) is 2.23. The molecule has 0 aliphatic heterocycles.